The number of amides is 2. The highest BCUT2D eigenvalue weighted by Gasteiger charge is 2.14. The van der Waals surface area contributed by atoms with Gasteiger partial charge in [-0.15, -0.1) is 11.8 Å². The van der Waals surface area contributed by atoms with Crippen LogP contribution >= 0.6 is 23.4 Å². The summed E-state index contributed by atoms with van der Waals surface area (Å²) in [6.45, 7) is 4.67. The summed E-state index contributed by atoms with van der Waals surface area (Å²) in [5, 5.41) is 6.30. The number of carbonyl (C=O) groups is 2. The molecule has 2 rings (SSSR count). The molecule has 0 spiro atoms. The molecule has 27 heavy (non-hydrogen) atoms. The third-order valence-corrected chi connectivity index (χ3v) is 4.97. The van der Waals surface area contributed by atoms with Gasteiger partial charge in [0.25, 0.3) is 0 Å². The van der Waals surface area contributed by atoms with Crippen LogP contribution in [0.5, 0.6) is 0 Å². The van der Waals surface area contributed by atoms with Gasteiger partial charge < -0.3 is 10.6 Å². The van der Waals surface area contributed by atoms with Crippen LogP contribution in [0, 0.1) is 6.92 Å². The van der Waals surface area contributed by atoms with Crippen LogP contribution in [0.25, 0.3) is 0 Å². The van der Waals surface area contributed by atoms with Gasteiger partial charge in [-0.1, -0.05) is 30.7 Å². The number of rotatable bonds is 8. The number of hydrogen-bond donors (Lipinski definition) is 2. The molecule has 2 aromatic rings. The molecule has 0 saturated heterocycles. The summed E-state index contributed by atoms with van der Waals surface area (Å²) in [4.78, 5) is 27.5. The molecule has 0 aromatic heterocycles. The number of anilines is 2. The molecular formula is C20H24ClN3O2S. The van der Waals surface area contributed by atoms with Gasteiger partial charge in [0.1, 0.15) is 0 Å². The van der Waals surface area contributed by atoms with E-state index in [1.54, 1.807) is 28.8 Å². The minimum atomic E-state index is -0.181. The van der Waals surface area contributed by atoms with E-state index >= 15 is 0 Å². The number of aryl methyl sites for hydroxylation is 1. The van der Waals surface area contributed by atoms with E-state index < -0.39 is 0 Å². The Morgan fingerprint density at radius 1 is 1.07 bits per heavy atom. The number of likely N-dealkylation sites (N-methyl/N-ethyl adjacent to an activating group) is 1. The Morgan fingerprint density at radius 2 is 1.78 bits per heavy atom. The summed E-state index contributed by atoms with van der Waals surface area (Å²) in [5.74, 6) is -0.332. The predicted octanol–water partition coefficient (Wildman–Crippen LogP) is 4.27. The monoisotopic (exact) mass is 405 g/mol. The lowest BCUT2D eigenvalue weighted by Crippen LogP contribution is -2.38. The number of halogens is 1. The fourth-order valence-corrected chi connectivity index (χ4v) is 3.14. The highest BCUT2D eigenvalue weighted by Crippen LogP contribution is 2.20. The van der Waals surface area contributed by atoms with Crippen molar-refractivity contribution in [3.63, 3.8) is 0 Å². The van der Waals surface area contributed by atoms with Crippen molar-refractivity contribution >= 4 is 46.6 Å². The maximum Gasteiger partial charge on any atom is 0.238 e. The number of hydrogen-bond acceptors (Lipinski definition) is 4. The van der Waals surface area contributed by atoms with Crippen molar-refractivity contribution in [1.82, 2.24) is 4.90 Å². The van der Waals surface area contributed by atoms with E-state index in [9.17, 15) is 9.59 Å². The van der Waals surface area contributed by atoms with E-state index in [-0.39, 0.29) is 24.9 Å². The highest BCUT2D eigenvalue weighted by molar-refractivity contribution is 7.98. The van der Waals surface area contributed by atoms with E-state index in [0.29, 0.717) is 17.3 Å². The van der Waals surface area contributed by atoms with Gasteiger partial charge in [-0.25, -0.2) is 0 Å². The Bertz CT molecular complexity index is 814. The highest BCUT2D eigenvalue weighted by atomic mass is 35.5. The molecule has 0 aliphatic rings. The van der Waals surface area contributed by atoms with Gasteiger partial charge in [-0.05, 0) is 55.6 Å². The molecule has 0 fully saturated rings. The van der Waals surface area contributed by atoms with Crippen LogP contribution in [0.4, 0.5) is 11.4 Å². The molecule has 2 aromatic carbocycles. The number of thioether (sulfide) groups is 1. The molecule has 5 nitrogen and oxygen atoms in total. The summed E-state index contributed by atoms with van der Waals surface area (Å²) >= 11 is 7.60. The van der Waals surface area contributed by atoms with Crippen LogP contribution in [0.2, 0.25) is 5.02 Å². The van der Waals surface area contributed by atoms with E-state index in [1.165, 1.54) is 0 Å². The number of benzene rings is 2. The summed E-state index contributed by atoms with van der Waals surface area (Å²) in [6.07, 6.45) is 1.99. The van der Waals surface area contributed by atoms with Crippen molar-refractivity contribution in [2.45, 2.75) is 18.7 Å². The minimum absolute atomic E-state index is 0.126. The number of carbonyl (C=O) groups excluding carboxylic acids is 2. The molecule has 0 aliphatic heterocycles. The lowest BCUT2D eigenvalue weighted by Gasteiger charge is -2.20. The van der Waals surface area contributed by atoms with Crippen LogP contribution in [-0.2, 0) is 9.59 Å². The van der Waals surface area contributed by atoms with E-state index in [2.05, 4.69) is 10.6 Å². The first-order chi connectivity index (χ1) is 12.9. The van der Waals surface area contributed by atoms with E-state index in [4.69, 9.17) is 11.6 Å². The zero-order chi connectivity index (χ0) is 19.8. The first-order valence-electron chi connectivity index (χ1n) is 8.63. The SMILES string of the molecule is CCN(CC(=O)Nc1cccc(SC)c1)CC(=O)Nc1cc(Cl)ccc1C. The maximum atomic E-state index is 12.3. The van der Waals surface area contributed by atoms with Crippen molar-refractivity contribution in [2.24, 2.45) is 0 Å². The fourth-order valence-electron chi connectivity index (χ4n) is 2.51. The third-order valence-electron chi connectivity index (χ3n) is 4.01. The van der Waals surface area contributed by atoms with Crippen molar-refractivity contribution < 1.29 is 9.59 Å². The molecule has 0 bridgehead atoms. The second kappa shape index (κ2) is 10.3. The average molecular weight is 406 g/mol. The minimum Gasteiger partial charge on any atom is -0.325 e. The van der Waals surface area contributed by atoms with Crippen LogP contribution in [0.1, 0.15) is 12.5 Å². The first kappa shape index (κ1) is 21.3. The van der Waals surface area contributed by atoms with Gasteiger partial charge in [0, 0.05) is 21.3 Å². The second-order valence-corrected chi connectivity index (χ2v) is 7.41. The number of nitrogens with one attached hydrogen (secondary N) is 2. The second-order valence-electron chi connectivity index (χ2n) is 6.09. The lowest BCUT2D eigenvalue weighted by atomic mass is 10.2. The lowest BCUT2D eigenvalue weighted by molar-refractivity contribution is -0.119. The van der Waals surface area contributed by atoms with Gasteiger partial charge in [-0.3, -0.25) is 14.5 Å². The molecule has 144 valence electrons. The zero-order valence-corrected chi connectivity index (χ0v) is 17.3. The fraction of sp³-hybridized carbons (Fsp3) is 0.300. The van der Waals surface area contributed by atoms with Crippen molar-refractivity contribution in [3.05, 3.63) is 53.1 Å². The summed E-state index contributed by atoms with van der Waals surface area (Å²) in [5.41, 5.74) is 2.37. The predicted molar refractivity (Wildman–Crippen MR) is 114 cm³/mol. The molecule has 0 radical (unpaired) electrons. The van der Waals surface area contributed by atoms with Crippen LogP contribution in [-0.4, -0.2) is 42.6 Å². The van der Waals surface area contributed by atoms with Crippen LogP contribution in [0.3, 0.4) is 0 Å². The van der Waals surface area contributed by atoms with E-state index in [0.717, 1.165) is 16.1 Å². The summed E-state index contributed by atoms with van der Waals surface area (Å²) in [6, 6.07) is 13.0. The van der Waals surface area contributed by atoms with Crippen molar-refractivity contribution in [1.29, 1.82) is 0 Å². The molecule has 0 unspecified atom stereocenters. The molecule has 0 heterocycles. The normalized spacial score (nSPS) is 10.7. The van der Waals surface area contributed by atoms with Gasteiger partial charge in [0.2, 0.25) is 11.8 Å². The Balaban J connectivity index is 1.91. The van der Waals surface area contributed by atoms with Crippen LogP contribution in [0.15, 0.2) is 47.4 Å². The largest absolute Gasteiger partial charge is 0.325 e. The Labute approximate surface area is 169 Å². The van der Waals surface area contributed by atoms with Gasteiger partial charge in [0.05, 0.1) is 13.1 Å². The van der Waals surface area contributed by atoms with Gasteiger partial charge in [-0.2, -0.15) is 0 Å². The molecule has 2 N–H and O–H groups in total. The van der Waals surface area contributed by atoms with Gasteiger partial charge >= 0.3 is 0 Å². The average Bonchev–Trinajstić information content (AvgIpc) is 2.64. The smallest absolute Gasteiger partial charge is 0.238 e. The third kappa shape index (κ3) is 6.90. The Hall–Kier alpha value is -2.02. The zero-order valence-electron chi connectivity index (χ0n) is 15.7. The molecule has 0 atom stereocenters. The summed E-state index contributed by atoms with van der Waals surface area (Å²) in [7, 11) is 0. The molecule has 2 amide bonds. The first-order valence-corrected chi connectivity index (χ1v) is 10.2. The molecular weight excluding hydrogens is 382 g/mol. The standard InChI is InChI=1S/C20H24ClN3O2S/c1-4-24(12-19(25)22-16-6-5-7-17(11-16)27-3)13-20(26)23-18-10-15(21)9-8-14(18)2/h5-11H,4,12-13H2,1-3H3,(H,22,25)(H,23,26). The topological polar surface area (TPSA) is 61.4 Å². The molecule has 0 saturated carbocycles. The maximum absolute atomic E-state index is 12.3. The Kier molecular flexibility index (Phi) is 8.16. The van der Waals surface area contributed by atoms with Crippen molar-refractivity contribution in [3.8, 4) is 0 Å². The molecule has 0 aliphatic carbocycles. The number of nitrogens with zero attached hydrogens (tertiary/aromatic N) is 1. The Morgan fingerprint density at radius 3 is 2.44 bits per heavy atom. The molecule has 7 heteroatoms. The van der Waals surface area contributed by atoms with E-state index in [1.807, 2.05) is 50.4 Å². The summed E-state index contributed by atoms with van der Waals surface area (Å²) < 4.78 is 0. The quantitative estimate of drug-likeness (QED) is 0.644. The van der Waals surface area contributed by atoms with Crippen LogP contribution < -0.4 is 10.6 Å². The van der Waals surface area contributed by atoms with Gasteiger partial charge in [0.15, 0.2) is 0 Å². The van der Waals surface area contributed by atoms with Crippen molar-refractivity contribution in [2.75, 3.05) is 36.5 Å².